The predicted molar refractivity (Wildman–Crippen MR) is 115 cm³/mol. The molecule has 3 heterocycles. The number of carbonyl (C=O) groups excluding carboxylic acids is 1. The molecule has 1 N–H and O–H groups in total. The van der Waals surface area contributed by atoms with E-state index in [1.54, 1.807) is 52.1 Å². The maximum Gasteiger partial charge on any atom is 0.260 e. The van der Waals surface area contributed by atoms with E-state index in [1.807, 2.05) is 31.2 Å². The standard InChI is InChI=1S/C23H17FN6O/c1-15-2-4-16(5-3-15)22-19(14-29(28-22)18-8-6-17(24)7-9-18)23(31)27-21-10-12-25-20-11-13-26-30(20)21/h2-14H,1H3,(H,27,31). The lowest BCUT2D eigenvalue weighted by Crippen LogP contribution is -2.15. The van der Waals surface area contributed by atoms with Crippen molar-refractivity contribution in [3.05, 3.63) is 96.2 Å². The van der Waals surface area contributed by atoms with Crippen LogP contribution in [0.2, 0.25) is 0 Å². The molecule has 152 valence electrons. The normalized spacial score (nSPS) is 11.0. The van der Waals surface area contributed by atoms with Crippen molar-refractivity contribution in [2.75, 3.05) is 5.32 Å². The third-order valence-electron chi connectivity index (χ3n) is 4.91. The number of amides is 1. The van der Waals surface area contributed by atoms with E-state index in [2.05, 4.69) is 20.5 Å². The summed E-state index contributed by atoms with van der Waals surface area (Å²) < 4.78 is 16.5. The fourth-order valence-electron chi connectivity index (χ4n) is 3.30. The van der Waals surface area contributed by atoms with Crippen molar-refractivity contribution in [3.63, 3.8) is 0 Å². The number of nitrogens with one attached hydrogen (secondary N) is 1. The Kier molecular flexibility index (Phi) is 4.51. The van der Waals surface area contributed by atoms with E-state index in [-0.39, 0.29) is 11.7 Å². The molecule has 0 saturated heterocycles. The highest BCUT2D eigenvalue weighted by atomic mass is 19.1. The summed E-state index contributed by atoms with van der Waals surface area (Å²) in [5.74, 6) is -0.190. The monoisotopic (exact) mass is 412 g/mol. The van der Waals surface area contributed by atoms with E-state index in [1.165, 1.54) is 12.1 Å². The van der Waals surface area contributed by atoms with Crippen LogP contribution < -0.4 is 5.32 Å². The number of carbonyl (C=O) groups is 1. The van der Waals surface area contributed by atoms with Crippen LogP contribution in [0.5, 0.6) is 0 Å². The summed E-state index contributed by atoms with van der Waals surface area (Å²) in [6, 6.07) is 17.1. The van der Waals surface area contributed by atoms with Gasteiger partial charge in [0.15, 0.2) is 5.65 Å². The number of halogens is 1. The Morgan fingerprint density at radius 1 is 0.968 bits per heavy atom. The fraction of sp³-hybridized carbons (Fsp3) is 0.0435. The summed E-state index contributed by atoms with van der Waals surface area (Å²) in [5, 5.41) is 11.7. The molecule has 0 atom stereocenters. The van der Waals surface area contributed by atoms with Gasteiger partial charge in [-0.3, -0.25) is 4.79 Å². The number of hydrogen-bond donors (Lipinski definition) is 1. The highest BCUT2D eigenvalue weighted by Gasteiger charge is 2.20. The Morgan fingerprint density at radius 2 is 1.74 bits per heavy atom. The molecule has 5 rings (SSSR count). The molecule has 0 fully saturated rings. The fourth-order valence-corrected chi connectivity index (χ4v) is 3.30. The first kappa shape index (κ1) is 18.7. The summed E-state index contributed by atoms with van der Waals surface area (Å²) in [6.45, 7) is 1.99. The van der Waals surface area contributed by atoms with Crippen LogP contribution >= 0.6 is 0 Å². The third-order valence-corrected chi connectivity index (χ3v) is 4.91. The SMILES string of the molecule is Cc1ccc(-c2nn(-c3ccc(F)cc3)cc2C(=O)Nc2ccnc3ccnn23)cc1. The van der Waals surface area contributed by atoms with Gasteiger partial charge in [-0.15, -0.1) is 0 Å². The van der Waals surface area contributed by atoms with Crippen LogP contribution in [0.15, 0.2) is 79.3 Å². The average Bonchev–Trinajstić information content (AvgIpc) is 3.43. The third kappa shape index (κ3) is 3.55. The van der Waals surface area contributed by atoms with Gasteiger partial charge in [0.2, 0.25) is 0 Å². The molecule has 1 amide bonds. The number of rotatable bonds is 4. The van der Waals surface area contributed by atoms with E-state index in [0.717, 1.165) is 11.1 Å². The molecule has 0 radical (unpaired) electrons. The van der Waals surface area contributed by atoms with Crippen LogP contribution in [0.3, 0.4) is 0 Å². The minimum absolute atomic E-state index is 0.339. The van der Waals surface area contributed by atoms with Crippen molar-refractivity contribution < 1.29 is 9.18 Å². The van der Waals surface area contributed by atoms with E-state index in [4.69, 9.17) is 0 Å². The van der Waals surface area contributed by atoms with Crippen molar-refractivity contribution >= 4 is 17.4 Å². The number of anilines is 1. The molecule has 0 aliphatic carbocycles. The van der Waals surface area contributed by atoms with Gasteiger partial charge in [-0.05, 0) is 37.3 Å². The molecule has 8 heteroatoms. The Hall–Kier alpha value is -4.33. The molecule has 5 aromatic rings. The maximum absolute atomic E-state index is 13.4. The van der Waals surface area contributed by atoms with Gasteiger partial charge in [0.25, 0.3) is 5.91 Å². The molecule has 2 aromatic carbocycles. The van der Waals surface area contributed by atoms with Gasteiger partial charge in [0.1, 0.15) is 17.3 Å². The van der Waals surface area contributed by atoms with E-state index < -0.39 is 0 Å². The van der Waals surface area contributed by atoms with Crippen molar-refractivity contribution in [2.45, 2.75) is 6.92 Å². The number of benzene rings is 2. The topological polar surface area (TPSA) is 77.1 Å². The van der Waals surface area contributed by atoms with Crippen LogP contribution in [-0.2, 0) is 0 Å². The second-order valence-corrected chi connectivity index (χ2v) is 7.06. The Morgan fingerprint density at radius 3 is 2.52 bits per heavy atom. The molecule has 0 bridgehead atoms. The Balaban J connectivity index is 1.58. The molecule has 0 spiro atoms. The first-order chi connectivity index (χ1) is 15.1. The number of aryl methyl sites for hydroxylation is 1. The van der Waals surface area contributed by atoms with Gasteiger partial charge in [-0.2, -0.15) is 14.7 Å². The summed E-state index contributed by atoms with van der Waals surface area (Å²) in [5.41, 5.74) is 4.07. The van der Waals surface area contributed by atoms with Gasteiger partial charge in [0, 0.05) is 24.0 Å². The lowest BCUT2D eigenvalue weighted by atomic mass is 10.1. The minimum Gasteiger partial charge on any atom is -0.306 e. The summed E-state index contributed by atoms with van der Waals surface area (Å²) in [4.78, 5) is 17.5. The number of fused-ring (bicyclic) bond motifs is 1. The molecular formula is C23H17FN6O. The first-order valence-corrected chi connectivity index (χ1v) is 9.61. The largest absolute Gasteiger partial charge is 0.306 e. The van der Waals surface area contributed by atoms with Crippen molar-refractivity contribution in [3.8, 4) is 16.9 Å². The quantitative estimate of drug-likeness (QED) is 0.478. The van der Waals surface area contributed by atoms with Crippen LogP contribution in [-0.4, -0.2) is 30.3 Å². The van der Waals surface area contributed by atoms with E-state index in [0.29, 0.717) is 28.4 Å². The van der Waals surface area contributed by atoms with Crippen molar-refractivity contribution in [1.82, 2.24) is 24.4 Å². The van der Waals surface area contributed by atoms with Crippen LogP contribution in [0.1, 0.15) is 15.9 Å². The number of aromatic nitrogens is 5. The van der Waals surface area contributed by atoms with Gasteiger partial charge in [0.05, 0.1) is 17.4 Å². The van der Waals surface area contributed by atoms with Crippen molar-refractivity contribution in [2.24, 2.45) is 0 Å². The first-order valence-electron chi connectivity index (χ1n) is 9.61. The summed E-state index contributed by atoms with van der Waals surface area (Å²) in [6.07, 6.45) is 4.86. The average molecular weight is 412 g/mol. The molecule has 3 aromatic heterocycles. The Bertz CT molecular complexity index is 1390. The second kappa shape index (κ2) is 7.49. The smallest absolute Gasteiger partial charge is 0.260 e. The zero-order valence-corrected chi connectivity index (χ0v) is 16.5. The zero-order chi connectivity index (χ0) is 21.4. The summed E-state index contributed by atoms with van der Waals surface area (Å²) in [7, 11) is 0. The number of hydrogen-bond acceptors (Lipinski definition) is 4. The minimum atomic E-state index is -0.341. The zero-order valence-electron chi connectivity index (χ0n) is 16.5. The molecule has 0 aliphatic rings. The van der Waals surface area contributed by atoms with Crippen LogP contribution in [0.25, 0.3) is 22.6 Å². The van der Waals surface area contributed by atoms with Gasteiger partial charge < -0.3 is 5.32 Å². The maximum atomic E-state index is 13.4. The molecule has 0 unspecified atom stereocenters. The van der Waals surface area contributed by atoms with Gasteiger partial charge in [-0.25, -0.2) is 14.1 Å². The van der Waals surface area contributed by atoms with E-state index >= 15 is 0 Å². The van der Waals surface area contributed by atoms with Gasteiger partial charge >= 0.3 is 0 Å². The lowest BCUT2D eigenvalue weighted by Gasteiger charge is -2.07. The lowest BCUT2D eigenvalue weighted by molar-refractivity contribution is 0.102. The molecular weight excluding hydrogens is 395 g/mol. The molecule has 31 heavy (non-hydrogen) atoms. The second-order valence-electron chi connectivity index (χ2n) is 7.06. The number of nitrogens with zero attached hydrogens (tertiary/aromatic N) is 5. The van der Waals surface area contributed by atoms with Gasteiger partial charge in [-0.1, -0.05) is 29.8 Å². The summed E-state index contributed by atoms with van der Waals surface area (Å²) >= 11 is 0. The molecule has 0 saturated carbocycles. The molecule has 7 nitrogen and oxygen atoms in total. The van der Waals surface area contributed by atoms with Crippen LogP contribution in [0.4, 0.5) is 10.2 Å². The van der Waals surface area contributed by atoms with Crippen LogP contribution in [0, 0.1) is 12.7 Å². The molecule has 0 aliphatic heterocycles. The Labute approximate surface area is 176 Å². The predicted octanol–water partition coefficient (Wildman–Crippen LogP) is 4.28. The van der Waals surface area contributed by atoms with E-state index in [9.17, 15) is 9.18 Å². The van der Waals surface area contributed by atoms with Crippen molar-refractivity contribution in [1.29, 1.82) is 0 Å². The highest BCUT2D eigenvalue weighted by molar-refractivity contribution is 6.07. The highest BCUT2D eigenvalue weighted by Crippen LogP contribution is 2.25.